The van der Waals surface area contributed by atoms with Gasteiger partial charge in [-0.1, -0.05) is 35.6 Å². The second-order valence-corrected chi connectivity index (χ2v) is 5.73. The summed E-state index contributed by atoms with van der Waals surface area (Å²) >= 11 is 1.37. The van der Waals surface area contributed by atoms with Gasteiger partial charge in [0.25, 0.3) is 5.56 Å². The average molecular weight is 294 g/mol. The van der Waals surface area contributed by atoms with Crippen molar-refractivity contribution in [2.24, 2.45) is 0 Å². The fraction of sp³-hybridized carbons (Fsp3) is 0. The predicted molar refractivity (Wildman–Crippen MR) is 83.7 cm³/mol. The number of hydrogen-bond acceptors (Lipinski definition) is 4. The minimum Gasteiger partial charge on any atom is -0.508 e. The standard InChI is InChI=1S/C16H10N2O2S/c19-11-7-5-10(6-8-11)9-14-15(20)18-13-4-2-1-3-12(13)17-16(18)21-14/h1-9,19H/b14-9-. The Bertz CT molecular complexity index is 1060. The largest absolute Gasteiger partial charge is 0.508 e. The lowest BCUT2D eigenvalue weighted by Crippen LogP contribution is -2.22. The van der Waals surface area contributed by atoms with Crippen molar-refractivity contribution < 1.29 is 5.11 Å². The van der Waals surface area contributed by atoms with Crippen molar-refractivity contribution in [3.63, 3.8) is 0 Å². The average Bonchev–Trinajstić information content (AvgIpc) is 2.99. The quantitative estimate of drug-likeness (QED) is 0.585. The number of rotatable bonds is 1. The summed E-state index contributed by atoms with van der Waals surface area (Å²) in [6, 6.07) is 14.4. The predicted octanol–water partition coefficient (Wildman–Crippen LogP) is 2.16. The maximum absolute atomic E-state index is 12.5. The first kappa shape index (κ1) is 12.1. The van der Waals surface area contributed by atoms with Gasteiger partial charge in [0.15, 0.2) is 4.96 Å². The topological polar surface area (TPSA) is 54.6 Å². The highest BCUT2D eigenvalue weighted by Gasteiger charge is 2.10. The van der Waals surface area contributed by atoms with Crippen LogP contribution in [0.2, 0.25) is 0 Å². The van der Waals surface area contributed by atoms with Gasteiger partial charge in [-0.15, -0.1) is 0 Å². The number of benzene rings is 2. The van der Waals surface area contributed by atoms with Crippen LogP contribution in [0, 0.1) is 0 Å². The van der Waals surface area contributed by atoms with Gasteiger partial charge in [-0.2, -0.15) is 0 Å². The zero-order valence-corrected chi connectivity index (χ0v) is 11.7. The van der Waals surface area contributed by atoms with Gasteiger partial charge in [0.2, 0.25) is 0 Å². The van der Waals surface area contributed by atoms with Crippen LogP contribution >= 0.6 is 11.3 Å². The minimum absolute atomic E-state index is 0.0585. The molecule has 0 aliphatic rings. The van der Waals surface area contributed by atoms with E-state index in [1.54, 1.807) is 28.7 Å². The summed E-state index contributed by atoms with van der Waals surface area (Å²) in [5.41, 5.74) is 2.48. The molecule has 2 aromatic heterocycles. The van der Waals surface area contributed by atoms with E-state index in [1.165, 1.54) is 11.3 Å². The molecular weight excluding hydrogens is 284 g/mol. The van der Waals surface area contributed by atoms with Gasteiger partial charge in [-0.05, 0) is 35.9 Å². The third-order valence-corrected chi connectivity index (χ3v) is 4.30. The first-order chi connectivity index (χ1) is 10.2. The molecule has 4 aromatic rings. The molecule has 0 atom stereocenters. The summed E-state index contributed by atoms with van der Waals surface area (Å²) in [7, 11) is 0. The number of thiazole rings is 1. The van der Waals surface area contributed by atoms with Crippen LogP contribution in [-0.2, 0) is 0 Å². The maximum Gasteiger partial charge on any atom is 0.274 e. The van der Waals surface area contributed by atoms with E-state index in [2.05, 4.69) is 4.98 Å². The van der Waals surface area contributed by atoms with Crippen molar-refractivity contribution >= 4 is 33.4 Å². The Morgan fingerprint density at radius 2 is 1.86 bits per heavy atom. The highest BCUT2D eigenvalue weighted by atomic mass is 32.1. The van der Waals surface area contributed by atoms with Gasteiger partial charge in [0.1, 0.15) is 5.75 Å². The normalized spacial score (nSPS) is 12.5. The molecule has 21 heavy (non-hydrogen) atoms. The van der Waals surface area contributed by atoms with Gasteiger partial charge in [-0.25, -0.2) is 9.38 Å². The van der Waals surface area contributed by atoms with Gasteiger partial charge < -0.3 is 5.11 Å². The summed E-state index contributed by atoms with van der Waals surface area (Å²) in [4.78, 5) is 17.7. The molecule has 1 N–H and O–H groups in total. The van der Waals surface area contributed by atoms with Crippen molar-refractivity contribution in [2.45, 2.75) is 0 Å². The first-order valence-corrected chi connectivity index (χ1v) is 7.25. The van der Waals surface area contributed by atoms with Crippen molar-refractivity contribution in [2.75, 3.05) is 0 Å². The van der Waals surface area contributed by atoms with Crippen LogP contribution in [0.25, 0.3) is 22.1 Å². The van der Waals surface area contributed by atoms with Gasteiger partial charge in [0.05, 0.1) is 15.6 Å². The molecule has 0 unspecified atom stereocenters. The Hall–Kier alpha value is -2.66. The van der Waals surface area contributed by atoms with Crippen LogP contribution in [0.4, 0.5) is 0 Å². The number of aromatic nitrogens is 2. The molecule has 102 valence electrons. The van der Waals surface area contributed by atoms with Crippen molar-refractivity contribution in [1.29, 1.82) is 0 Å². The number of imidazole rings is 1. The van der Waals surface area contributed by atoms with E-state index in [1.807, 2.05) is 30.3 Å². The Kier molecular flexibility index (Phi) is 2.55. The molecule has 2 aromatic carbocycles. The smallest absolute Gasteiger partial charge is 0.274 e. The molecule has 0 aliphatic carbocycles. The molecular formula is C16H10N2O2S. The van der Waals surface area contributed by atoms with Crippen molar-refractivity contribution in [3.8, 4) is 5.75 Å². The Labute approximate surface area is 123 Å². The molecule has 0 saturated carbocycles. The van der Waals surface area contributed by atoms with E-state index in [-0.39, 0.29) is 11.3 Å². The van der Waals surface area contributed by atoms with E-state index in [0.717, 1.165) is 16.6 Å². The molecule has 0 bridgehead atoms. The lowest BCUT2D eigenvalue weighted by Gasteiger charge is -1.92. The molecule has 0 fully saturated rings. The lowest BCUT2D eigenvalue weighted by atomic mass is 10.2. The van der Waals surface area contributed by atoms with Crippen LogP contribution in [0.3, 0.4) is 0 Å². The first-order valence-electron chi connectivity index (χ1n) is 6.43. The molecule has 0 radical (unpaired) electrons. The summed E-state index contributed by atoms with van der Waals surface area (Å²) in [6.07, 6.45) is 1.82. The second kappa shape index (κ2) is 4.43. The molecule has 0 spiro atoms. The number of phenols is 1. The Balaban J connectivity index is 2.00. The van der Waals surface area contributed by atoms with Crippen LogP contribution in [0.5, 0.6) is 5.75 Å². The minimum atomic E-state index is -0.0585. The molecule has 5 heteroatoms. The SMILES string of the molecule is O=c1/c(=C/c2ccc(O)cc2)sc2nc3ccccc3n12. The summed E-state index contributed by atoms with van der Waals surface area (Å²) < 4.78 is 2.28. The lowest BCUT2D eigenvalue weighted by molar-refractivity contribution is 0.475. The van der Waals surface area contributed by atoms with E-state index in [9.17, 15) is 9.90 Å². The molecule has 0 saturated heterocycles. The van der Waals surface area contributed by atoms with Gasteiger partial charge in [0, 0.05) is 0 Å². The summed E-state index contributed by atoms with van der Waals surface area (Å²) in [5, 5.41) is 9.29. The number of hydrogen-bond donors (Lipinski definition) is 1. The highest BCUT2D eigenvalue weighted by Crippen LogP contribution is 2.16. The fourth-order valence-corrected chi connectivity index (χ4v) is 3.32. The van der Waals surface area contributed by atoms with E-state index in [0.29, 0.717) is 9.49 Å². The highest BCUT2D eigenvalue weighted by molar-refractivity contribution is 7.15. The third kappa shape index (κ3) is 1.90. The number of phenolic OH excluding ortho intramolecular Hbond substituents is 1. The summed E-state index contributed by atoms with van der Waals surface area (Å²) in [6.45, 7) is 0. The molecule has 4 rings (SSSR count). The molecule has 2 heterocycles. The summed E-state index contributed by atoms with van der Waals surface area (Å²) in [5.74, 6) is 0.210. The van der Waals surface area contributed by atoms with Crippen LogP contribution < -0.4 is 10.1 Å². The third-order valence-electron chi connectivity index (χ3n) is 3.34. The number of nitrogens with zero attached hydrogens (tertiary/aromatic N) is 2. The van der Waals surface area contributed by atoms with Gasteiger partial charge in [-0.3, -0.25) is 4.79 Å². The van der Waals surface area contributed by atoms with Crippen LogP contribution in [0.15, 0.2) is 53.3 Å². The van der Waals surface area contributed by atoms with Crippen molar-refractivity contribution in [1.82, 2.24) is 9.38 Å². The zero-order chi connectivity index (χ0) is 14.4. The monoisotopic (exact) mass is 294 g/mol. The second-order valence-electron chi connectivity index (χ2n) is 4.73. The zero-order valence-electron chi connectivity index (χ0n) is 10.9. The molecule has 4 nitrogen and oxygen atoms in total. The molecule has 0 amide bonds. The molecule has 0 aliphatic heterocycles. The van der Waals surface area contributed by atoms with E-state index >= 15 is 0 Å². The maximum atomic E-state index is 12.5. The number of fused-ring (bicyclic) bond motifs is 3. The number of para-hydroxylation sites is 2. The Morgan fingerprint density at radius 1 is 1.10 bits per heavy atom. The van der Waals surface area contributed by atoms with Crippen molar-refractivity contribution in [3.05, 3.63) is 69.0 Å². The fourth-order valence-electron chi connectivity index (χ4n) is 2.33. The van der Waals surface area contributed by atoms with Gasteiger partial charge >= 0.3 is 0 Å². The van der Waals surface area contributed by atoms with Crippen LogP contribution in [0.1, 0.15) is 5.56 Å². The van der Waals surface area contributed by atoms with Crippen LogP contribution in [-0.4, -0.2) is 14.5 Å². The number of aromatic hydroxyl groups is 1. The van der Waals surface area contributed by atoms with E-state index < -0.39 is 0 Å². The van der Waals surface area contributed by atoms with E-state index in [4.69, 9.17) is 0 Å². The Morgan fingerprint density at radius 3 is 2.67 bits per heavy atom.